The van der Waals surface area contributed by atoms with Crippen LogP contribution < -0.4 is 10.2 Å². The molecule has 21 heavy (non-hydrogen) atoms. The molecule has 0 aliphatic carbocycles. The predicted molar refractivity (Wildman–Crippen MR) is 79.0 cm³/mol. The number of rotatable bonds is 5. The normalized spacial score (nSPS) is 10.5. The van der Waals surface area contributed by atoms with Gasteiger partial charge in [0.25, 0.3) is 5.91 Å². The minimum Gasteiger partial charge on any atom is -0.497 e. The number of hydrogen-bond acceptors (Lipinski definition) is 6. The fourth-order valence-electron chi connectivity index (χ4n) is 1.47. The minimum absolute atomic E-state index is 0.0259. The Bertz CT molecular complexity index is 679. The molecule has 1 heterocycles. The van der Waals surface area contributed by atoms with E-state index in [1.807, 2.05) is 0 Å². The first-order valence-corrected chi connectivity index (χ1v) is 6.63. The summed E-state index contributed by atoms with van der Waals surface area (Å²) in [7, 11) is 1.54. The van der Waals surface area contributed by atoms with Gasteiger partial charge in [0.1, 0.15) is 5.75 Å². The standard InChI is InChI=1S/C13H11N3O4S/c1-20-10-4-2-9(3-5-10)13(17)15-14-8-11-6-7-12(21-11)16(18)19/h2-8H,1H3,(H,15,17). The number of hydrogen-bond donors (Lipinski definition) is 1. The van der Waals surface area contributed by atoms with Crippen molar-refractivity contribution in [1.82, 2.24) is 5.43 Å². The summed E-state index contributed by atoms with van der Waals surface area (Å²) in [5, 5.41) is 14.3. The summed E-state index contributed by atoms with van der Waals surface area (Å²) in [4.78, 5) is 22.4. The SMILES string of the molecule is COc1ccc(C(=O)NN=Cc2ccc([N+](=O)[O-])s2)cc1. The Labute approximate surface area is 124 Å². The van der Waals surface area contributed by atoms with E-state index in [2.05, 4.69) is 10.5 Å². The number of nitrogens with zero attached hydrogens (tertiary/aromatic N) is 2. The van der Waals surface area contributed by atoms with Gasteiger partial charge in [-0.15, -0.1) is 0 Å². The van der Waals surface area contributed by atoms with Gasteiger partial charge < -0.3 is 4.74 Å². The lowest BCUT2D eigenvalue weighted by Crippen LogP contribution is -2.17. The van der Waals surface area contributed by atoms with Gasteiger partial charge in [0.15, 0.2) is 0 Å². The van der Waals surface area contributed by atoms with E-state index in [9.17, 15) is 14.9 Å². The molecule has 1 amide bonds. The van der Waals surface area contributed by atoms with E-state index < -0.39 is 4.92 Å². The van der Waals surface area contributed by atoms with E-state index in [1.54, 1.807) is 37.4 Å². The van der Waals surface area contributed by atoms with Gasteiger partial charge in [0.2, 0.25) is 0 Å². The maximum Gasteiger partial charge on any atom is 0.324 e. The summed E-state index contributed by atoms with van der Waals surface area (Å²) in [6.45, 7) is 0. The smallest absolute Gasteiger partial charge is 0.324 e. The summed E-state index contributed by atoms with van der Waals surface area (Å²) in [6, 6.07) is 9.50. The Balaban J connectivity index is 1.95. The molecule has 1 aromatic carbocycles. The second kappa shape index (κ2) is 6.62. The Morgan fingerprint density at radius 2 is 2.05 bits per heavy atom. The minimum atomic E-state index is -0.474. The van der Waals surface area contributed by atoms with Crippen LogP contribution in [0.15, 0.2) is 41.5 Å². The van der Waals surface area contributed by atoms with Crippen LogP contribution >= 0.6 is 11.3 Å². The molecule has 1 aromatic heterocycles. The molecular formula is C13H11N3O4S. The molecule has 0 radical (unpaired) electrons. The van der Waals surface area contributed by atoms with Crippen LogP contribution in [0.4, 0.5) is 5.00 Å². The number of ether oxygens (including phenoxy) is 1. The summed E-state index contributed by atoms with van der Waals surface area (Å²) in [5.41, 5.74) is 2.79. The molecule has 0 saturated carbocycles. The van der Waals surface area contributed by atoms with Crippen LogP contribution in [0.3, 0.4) is 0 Å². The number of methoxy groups -OCH3 is 1. The number of nitrogens with one attached hydrogen (secondary N) is 1. The molecular weight excluding hydrogens is 294 g/mol. The average Bonchev–Trinajstić information content (AvgIpc) is 2.96. The highest BCUT2D eigenvalue weighted by Crippen LogP contribution is 2.22. The van der Waals surface area contributed by atoms with Gasteiger partial charge in [0, 0.05) is 11.6 Å². The van der Waals surface area contributed by atoms with Crippen molar-refractivity contribution >= 4 is 28.5 Å². The Hall–Kier alpha value is -2.74. The van der Waals surface area contributed by atoms with Crippen molar-refractivity contribution in [3.05, 3.63) is 57.0 Å². The lowest BCUT2D eigenvalue weighted by molar-refractivity contribution is -0.380. The van der Waals surface area contributed by atoms with Crippen molar-refractivity contribution in [2.45, 2.75) is 0 Å². The molecule has 0 aliphatic rings. The van der Waals surface area contributed by atoms with Crippen LogP contribution in [0.5, 0.6) is 5.75 Å². The predicted octanol–water partition coefficient (Wildman–Crippen LogP) is 2.43. The number of carbonyl (C=O) groups excluding carboxylic acids is 1. The van der Waals surface area contributed by atoms with Crippen LogP contribution in [0, 0.1) is 10.1 Å². The van der Waals surface area contributed by atoms with Gasteiger partial charge in [0.05, 0.1) is 23.1 Å². The van der Waals surface area contributed by atoms with E-state index >= 15 is 0 Å². The summed E-state index contributed by atoms with van der Waals surface area (Å²) in [6.07, 6.45) is 1.36. The molecule has 7 nitrogen and oxygen atoms in total. The third kappa shape index (κ3) is 3.86. The maximum absolute atomic E-state index is 11.8. The summed E-state index contributed by atoms with van der Waals surface area (Å²) < 4.78 is 4.99. The van der Waals surface area contributed by atoms with Crippen molar-refractivity contribution in [1.29, 1.82) is 0 Å². The van der Waals surface area contributed by atoms with E-state index in [0.29, 0.717) is 16.2 Å². The first kappa shape index (κ1) is 14.7. The largest absolute Gasteiger partial charge is 0.497 e. The monoisotopic (exact) mass is 305 g/mol. The molecule has 8 heteroatoms. The number of carbonyl (C=O) groups is 1. The number of amides is 1. The lowest BCUT2D eigenvalue weighted by Gasteiger charge is -2.01. The molecule has 0 saturated heterocycles. The summed E-state index contributed by atoms with van der Waals surface area (Å²) in [5.74, 6) is 0.279. The molecule has 2 rings (SSSR count). The number of nitro groups is 1. The highest BCUT2D eigenvalue weighted by Gasteiger charge is 2.08. The Kier molecular flexibility index (Phi) is 4.62. The molecule has 0 atom stereocenters. The quantitative estimate of drug-likeness (QED) is 0.521. The van der Waals surface area contributed by atoms with Crippen molar-refractivity contribution < 1.29 is 14.5 Å². The zero-order valence-electron chi connectivity index (χ0n) is 11.0. The van der Waals surface area contributed by atoms with Crippen LogP contribution in [0.25, 0.3) is 0 Å². The van der Waals surface area contributed by atoms with E-state index in [4.69, 9.17) is 4.74 Å². The third-order valence-electron chi connectivity index (χ3n) is 2.50. The molecule has 0 unspecified atom stereocenters. The van der Waals surface area contributed by atoms with E-state index in [0.717, 1.165) is 11.3 Å². The van der Waals surface area contributed by atoms with Crippen molar-refractivity contribution in [2.24, 2.45) is 5.10 Å². The van der Waals surface area contributed by atoms with Crippen LogP contribution in [0.1, 0.15) is 15.2 Å². The fourth-order valence-corrected chi connectivity index (χ4v) is 2.16. The Morgan fingerprint density at radius 3 is 2.62 bits per heavy atom. The van der Waals surface area contributed by atoms with Gasteiger partial charge in [-0.1, -0.05) is 11.3 Å². The zero-order valence-corrected chi connectivity index (χ0v) is 11.8. The molecule has 0 fully saturated rings. The van der Waals surface area contributed by atoms with E-state index in [-0.39, 0.29) is 10.9 Å². The second-order valence-electron chi connectivity index (χ2n) is 3.86. The second-order valence-corrected chi connectivity index (χ2v) is 4.95. The average molecular weight is 305 g/mol. The van der Waals surface area contributed by atoms with Crippen LogP contribution in [0.2, 0.25) is 0 Å². The molecule has 2 aromatic rings. The number of benzene rings is 1. The number of thiophene rings is 1. The summed E-state index contributed by atoms with van der Waals surface area (Å²) >= 11 is 0.977. The highest BCUT2D eigenvalue weighted by atomic mass is 32.1. The van der Waals surface area contributed by atoms with Crippen molar-refractivity contribution in [3.63, 3.8) is 0 Å². The number of hydrazone groups is 1. The topological polar surface area (TPSA) is 93.8 Å². The van der Waals surface area contributed by atoms with Crippen molar-refractivity contribution in [2.75, 3.05) is 7.11 Å². The van der Waals surface area contributed by atoms with Gasteiger partial charge in [-0.2, -0.15) is 5.10 Å². The first-order chi connectivity index (χ1) is 10.1. The van der Waals surface area contributed by atoms with Gasteiger partial charge in [-0.3, -0.25) is 14.9 Å². The van der Waals surface area contributed by atoms with Gasteiger partial charge in [-0.05, 0) is 30.3 Å². The third-order valence-corrected chi connectivity index (χ3v) is 3.47. The molecule has 0 spiro atoms. The van der Waals surface area contributed by atoms with Crippen LogP contribution in [-0.4, -0.2) is 24.2 Å². The fraction of sp³-hybridized carbons (Fsp3) is 0.0769. The molecule has 108 valence electrons. The first-order valence-electron chi connectivity index (χ1n) is 5.82. The lowest BCUT2D eigenvalue weighted by atomic mass is 10.2. The van der Waals surface area contributed by atoms with Crippen LogP contribution in [-0.2, 0) is 0 Å². The van der Waals surface area contributed by atoms with Gasteiger partial charge >= 0.3 is 5.00 Å². The molecule has 0 aliphatic heterocycles. The van der Waals surface area contributed by atoms with Crippen molar-refractivity contribution in [3.8, 4) is 5.75 Å². The zero-order chi connectivity index (χ0) is 15.2. The highest BCUT2D eigenvalue weighted by molar-refractivity contribution is 7.16. The van der Waals surface area contributed by atoms with E-state index in [1.165, 1.54) is 12.3 Å². The molecule has 1 N–H and O–H groups in total. The maximum atomic E-state index is 11.8. The molecule has 0 bridgehead atoms. The Morgan fingerprint density at radius 1 is 1.33 bits per heavy atom. The van der Waals surface area contributed by atoms with Gasteiger partial charge in [-0.25, -0.2) is 5.43 Å².